The Kier molecular flexibility index (Phi) is 11.5. The summed E-state index contributed by atoms with van der Waals surface area (Å²) in [4.78, 5) is 0. The summed E-state index contributed by atoms with van der Waals surface area (Å²) < 4.78 is 0. The van der Waals surface area contributed by atoms with Crippen molar-refractivity contribution in [2.45, 2.75) is 116 Å². The van der Waals surface area contributed by atoms with Crippen LogP contribution in [0.4, 0.5) is 0 Å². The molecule has 6 aliphatic rings. The average molecular weight is 1230 g/mol. The third kappa shape index (κ3) is 7.79. The maximum Gasteiger partial charge on any atom is 0.0159 e. The molecule has 0 heterocycles. The van der Waals surface area contributed by atoms with Gasteiger partial charge in [-0.05, 0) is 273 Å². The van der Waals surface area contributed by atoms with Gasteiger partial charge in [0.15, 0.2) is 0 Å². The smallest absolute Gasteiger partial charge is 0.0159 e. The number of benzene rings is 13. The highest BCUT2D eigenvalue weighted by Gasteiger charge is 2.42. The molecule has 0 heteroatoms. The summed E-state index contributed by atoms with van der Waals surface area (Å²) in [5.41, 5.74) is 47.1. The van der Waals surface area contributed by atoms with Crippen LogP contribution in [0.5, 0.6) is 0 Å². The molecule has 6 aliphatic carbocycles. The van der Waals surface area contributed by atoms with Crippen LogP contribution < -0.4 is 0 Å². The van der Waals surface area contributed by atoms with Gasteiger partial charge in [0.05, 0.1) is 0 Å². The predicted octanol–water partition coefficient (Wildman–Crippen LogP) is 25.5. The van der Waals surface area contributed by atoms with Gasteiger partial charge in [-0.3, -0.25) is 0 Å². The van der Waals surface area contributed by atoms with Crippen molar-refractivity contribution in [2.75, 3.05) is 0 Å². The normalized spacial score (nSPS) is 16.6. The molecule has 462 valence electrons. The highest BCUT2D eigenvalue weighted by molar-refractivity contribution is 5.94. The van der Waals surface area contributed by atoms with Crippen LogP contribution >= 0.6 is 0 Å². The maximum absolute atomic E-state index is 2.52. The van der Waals surface area contributed by atoms with Gasteiger partial charge in [-0.25, -0.2) is 0 Å². The molecule has 0 aliphatic heterocycles. The van der Waals surface area contributed by atoms with E-state index in [-0.39, 0.29) is 32.5 Å². The zero-order valence-corrected chi connectivity index (χ0v) is 57.2. The van der Waals surface area contributed by atoms with Crippen LogP contribution in [0, 0.1) is 0 Å². The second-order valence-corrected chi connectivity index (χ2v) is 32.0. The lowest BCUT2D eigenvalue weighted by Crippen LogP contribution is -2.15. The monoisotopic (exact) mass is 1230 g/mol. The van der Waals surface area contributed by atoms with Crippen molar-refractivity contribution in [2.24, 2.45) is 0 Å². The summed E-state index contributed by atoms with van der Waals surface area (Å²) in [6.07, 6.45) is 0. The summed E-state index contributed by atoms with van der Waals surface area (Å²) in [6, 6.07) is 99.5. The lowest BCUT2D eigenvalue weighted by Gasteiger charge is -2.24. The molecule has 0 amide bonds. The predicted molar refractivity (Wildman–Crippen MR) is 404 cm³/mol. The van der Waals surface area contributed by atoms with Crippen LogP contribution in [0.3, 0.4) is 0 Å². The van der Waals surface area contributed by atoms with E-state index in [1.165, 1.54) is 200 Å². The van der Waals surface area contributed by atoms with Crippen LogP contribution in [0.2, 0.25) is 0 Å². The fourth-order valence-electron chi connectivity index (χ4n) is 19.1. The molecule has 0 spiro atoms. The van der Waals surface area contributed by atoms with Gasteiger partial charge in [-0.1, -0.05) is 265 Å². The lowest BCUT2D eigenvalue weighted by molar-refractivity contribution is 0.659. The van der Waals surface area contributed by atoms with Gasteiger partial charge in [0.2, 0.25) is 0 Å². The molecule has 0 atom stereocenters. The first kappa shape index (κ1) is 57.3. The van der Waals surface area contributed by atoms with E-state index in [0.29, 0.717) is 0 Å². The zero-order chi connectivity index (χ0) is 65.5. The Morgan fingerprint density at radius 2 is 0.260 bits per heavy atom. The van der Waals surface area contributed by atoms with Crippen molar-refractivity contribution in [3.8, 4) is 134 Å². The lowest BCUT2D eigenvalue weighted by atomic mass is 9.79. The molecular formula is C96H78. The number of fused-ring (bicyclic) bond motifs is 18. The van der Waals surface area contributed by atoms with Crippen LogP contribution in [0.15, 0.2) is 255 Å². The number of rotatable bonds is 6. The first-order chi connectivity index (χ1) is 46.1. The minimum Gasteiger partial charge on any atom is -0.0619 e. The van der Waals surface area contributed by atoms with E-state index in [4.69, 9.17) is 0 Å². The zero-order valence-electron chi connectivity index (χ0n) is 57.2. The van der Waals surface area contributed by atoms with E-state index in [0.717, 1.165) is 0 Å². The Hall–Kier alpha value is -10.1. The molecule has 13 aromatic carbocycles. The van der Waals surface area contributed by atoms with Gasteiger partial charge in [0.25, 0.3) is 0 Å². The van der Waals surface area contributed by atoms with E-state index in [9.17, 15) is 0 Å². The molecule has 0 saturated carbocycles. The molecule has 0 saturated heterocycles. The van der Waals surface area contributed by atoms with Crippen LogP contribution in [0.1, 0.15) is 150 Å². The molecule has 96 heavy (non-hydrogen) atoms. The van der Waals surface area contributed by atoms with E-state index in [2.05, 4.69) is 338 Å². The van der Waals surface area contributed by atoms with Crippen LogP contribution in [0.25, 0.3) is 134 Å². The quantitative estimate of drug-likeness (QED) is 0.156. The van der Waals surface area contributed by atoms with Crippen molar-refractivity contribution in [3.05, 3.63) is 322 Å². The molecular weight excluding hydrogens is 1150 g/mol. The molecule has 0 aromatic heterocycles. The molecule has 13 aromatic rings. The Morgan fingerprint density at radius 1 is 0.125 bits per heavy atom. The standard InChI is InChI=1S/C96H78/c1-91(2)79-22-16-13-19-67(79)70-34-25-55(46-82(70)91)58-28-37-73-76-40-31-61(52-88(76)94(7,8)85(73)49-58)64-43-65(62-32-41-77-74-38-29-59(50-86(74)95(9,10)89(77)53-62)56-26-35-71-68-20-14-17-23-80(68)92(3,4)83(71)47-56)45-66(44-64)63-33-42-78-75-39-30-60(51-87(75)96(11,12)90(78)54-63)57-27-36-72-69-21-15-18-24-81(69)93(5,6)84(72)48-57/h13-54H,1-12H3. The fraction of sp³-hybridized carbons (Fsp3) is 0.188. The highest BCUT2D eigenvalue weighted by atomic mass is 14.5. The van der Waals surface area contributed by atoms with E-state index < -0.39 is 0 Å². The van der Waals surface area contributed by atoms with E-state index in [1.807, 2.05) is 0 Å². The molecule has 19 rings (SSSR count). The van der Waals surface area contributed by atoms with Crippen LogP contribution in [-0.4, -0.2) is 0 Å². The highest BCUT2D eigenvalue weighted by Crippen LogP contribution is 2.58. The molecule has 0 N–H and O–H groups in total. The fourth-order valence-corrected chi connectivity index (χ4v) is 19.1. The first-order valence-electron chi connectivity index (χ1n) is 34.9. The molecule has 0 bridgehead atoms. The van der Waals surface area contributed by atoms with Gasteiger partial charge < -0.3 is 0 Å². The van der Waals surface area contributed by atoms with E-state index in [1.54, 1.807) is 0 Å². The van der Waals surface area contributed by atoms with Crippen molar-refractivity contribution >= 4 is 0 Å². The Balaban J connectivity index is 0.699. The summed E-state index contributed by atoms with van der Waals surface area (Å²) in [5, 5.41) is 0. The van der Waals surface area contributed by atoms with Gasteiger partial charge in [-0.15, -0.1) is 0 Å². The number of hydrogen-bond acceptors (Lipinski definition) is 0. The number of hydrogen-bond donors (Lipinski definition) is 0. The largest absolute Gasteiger partial charge is 0.0619 e. The van der Waals surface area contributed by atoms with E-state index >= 15 is 0 Å². The van der Waals surface area contributed by atoms with Gasteiger partial charge in [-0.2, -0.15) is 0 Å². The molecule has 0 nitrogen and oxygen atoms in total. The van der Waals surface area contributed by atoms with Crippen molar-refractivity contribution in [1.29, 1.82) is 0 Å². The maximum atomic E-state index is 2.52. The Bertz CT molecular complexity index is 5080. The average Bonchev–Trinajstić information content (AvgIpc) is 1.59. The van der Waals surface area contributed by atoms with Crippen molar-refractivity contribution in [3.63, 3.8) is 0 Å². The summed E-state index contributed by atoms with van der Waals surface area (Å²) >= 11 is 0. The Morgan fingerprint density at radius 3 is 0.438 bits per heavy atom. The molecule has 0 fully saturated rings. The van der Waals surface area contributed by atoms with Crippen molar-refractivity contribution in [1.82, 2.24) is 0 Å². The third-order valence-electron chi connectivity index (χ3n) is 24.7. The second kappa shape index (κ2) is 19.3. The SMILES string of the molecule is CC1(C)c2ccccc2-c2ccc(-c3ccc4c(c3)C(C)(C)c3cc(-c5cc(-c6ccc7c(c6)C(C)(C)c6cc(-c8ccc9c(c8)C(C)(C)c8ccccc8-9)ccc6-7)cc(-c6ccc7c(c6)C(C)(C)c6cc(-c8ccc9c(c8)C(C)(C)c8ccccc8-9)ccc6-7)c5)ccc3-4)cc21. The topological polar surface area (TPSA) is 0 Å². The Labute approximate surface area is 567 Å². The summed E-state index contributed by atoms with van der Waals surface area (Å²) in [7, 11) is 0. The van der Waals surface area contributed by atoms with Crippen molar-refractivity contribution < 1.29 is 0 Å². The minimum atomic E-state index is -0.226. The van der Waals surface area contributed by atoms with Crippen LogP contribution in [-0.2, 0) is 32.5 Å². The molecule has 0 radical (unpaired) electrons. The summed E-state index contributed by atoms with van der Waals surface area (Å²) in [5.74, 6) is 0. The van der Waals surface area contributed by atoms with Gasteiger partial charge in [0, 0.05) is 32.5 Å². The van der Waals surface area contributed by atoms with Gasteiger partial charge >= 0.3 is 0 Å². The summed E-state index contributed by atoms with van der Waals surface area (Å²) in [6.45, 7) is 28.9. The molecule has 0 unspecified atom stereocenters. The first-order valence-corrected chi connectivity index (χ1v) is 34.9. The second-order valence-electron chi connectivity index (χ2n) is 32.0. The van der Waals surface area contributed by atoms with Gasteiger partial charge in [0.1, 0.15) is 0 Å². The third-order valence-corrected chi connectivity index (χ3v) is 24.7. The minimum absolute atomic E-state index is 0.0601.